The molecule has 19 heavy (non-hydrogen) atoms. The third-order valence-corrected chi connectivity index (χ3v) is 2.60. The molecule has 3 heteroatoms. The van der Waals surface area contributed by atoms with Crippen LogP contribution in [0.5, 0.6) is 0 Å². The van der Waals surface area contributed by atoms with Crippen molar-refractivity contribution in [2.45, 2.75) is 6.92 Å². The molecule has 0 aliphatic rings. The van der Waals surface area contributed by atoms with E-state index >= 15 is 0 Å². The number of hydrogen-bond acceptors (Lipinski definition) is 1. The molecular formula is C16H11FO2. The van der Waals surface area contributed by atoms with Crippen LogP contribution in [-0.2, 0) is 0 Å². The average molecular weight is 254 g/mol. The Bertz CT molecular complexity index is 676. The van der Waals surface area contributed by atoms with Gasteiger partial charge in [-0.1, -0.05) is 17.9 Å². The van der Waals surface area contributed by atoms with Gasteiger partial charge in [-0.05, 0) is 48.9 Å². The maximum atomic E-state index is 13.5. The third-order valence-electron chi connectivity index (χ3n) is 2.60. The van der Waals surface area contributed by atoms with Crippen molar-refractivity contribution in [3.05, 3.63) is 70.5 Å². The summed E-state index contributed by atoms with van der Waals surface area (Å²) in [6.07, 6.45) is 0. The quantitative estimate of drug-likeness (QED) is 0.793. The Kier molecular flexibility index (Phi) is 3.63. The normalized spacial score (nSPS) is 9.58. The van der Waals surface area contributed by atoms with Crippen molar-refractivity contribution in [3.8, 4) is 11.8 Å². The molecule has 1 N–H and O–H groups in total. The van der Waals surface area contributed by atoms with Crippen LogP contribution in [0, 0.1) is 24.6 Å². The minimum absolute atomic E-state index is 0.201. The minimum atomic E-state index is -0.982. The van der Waals surface area contributed by atoms with Crippen molar-refractivity contribution in [2.75, 3.05) is 0 Å². The molecule has 0 saturated heterocycles. The highest BCUT2D eigenvalue weighted by Crippen LogP contribution is 2.09. The molecule has 0 aliphatic heterocycles. The van der Waals surface area contributed by atoms with E-state index < -0.39 is 5.97 Å². The van der Waals surface area contributed by atoms with Crippen LogP contribution >= 0.6 is 0 Å². The molecule has 0 fully saturated rings. The number of aryl methyl sites for hydroxylation is 1. The molecule has 0 amide bonds. The van der Waals surface area contributed by atoms with E-state index in [9.17, 15) is 9.18 Å². The predicted octanol–water partition coefficient (Wildman–Crippen LogP) is 3.23. The van der Waals surface area contributed by atoms with E-state index in [1.165, 1.54) is 18.2 Å². The van der Waals surface area contributed by atoms with E-state index in [1.807, 2.05) is 6.92 Å². The maximum absolute atomic E-state index is 13.5. The van der Waals surface area contributed by atoms with Crippen LogP contribution in [0.15, 0.2) is 42.5 Å². The van der Waals surface area contributed by atoms with Crippen LogP contribution in [-0.4, -0.2) is 11.1 Å². The topological polar surface area (TPSA) is 37.3 Å². The number of rotatable bonds is 1. The number of benzene rings is 2. The monoisotopic (exact) mass is 254 g/mol. The van der Waals surface area contributed by atoms with E-state index in [0.717, 1.165) is 5.56 Å². The lowest BCUT2D eigenvalue weighted by molar-refractivity contribution is 0.0697. The number of carboxylic acids is 1. The lowest BCUT2D eigenvalue weighted by Crippen LogP contribution is -1.94. The molecule has 0 saturated carbocycles. The summed E-state index contributed by atoms with van der Waals surface area (Å²) in [7, 11) is 0. The lowest BCUT2D eigenvalue weighted by atomic mass is 10.1. The van der Waals surface area contributed by atoms with Gasteiger partial charge in [0, 0.05) is 5.56 Å². The first-order valence-corrected chi connectivity index (χ1v) is 5.68. The number of aromatic carboxylic acids is 1. The van der Waals surface area contributed by atoms with Crippen LogP contribution in [0.1, 0.15) is 27.0 Å². The summed E-state index contributed by atoms with van der Waals surface area (Å²) < 4.78 is 13.5. The van der Waals surface area contributed by atoms with Gasteiger partial charge in [0.25, 0.3) is 0 Å². The fourth-order valence-electron chi connectivity index (χ4n) is 1.56. The van der Waals surface area contributed by atoms with Gasteiger partial charge < -0.3 is 5.11 Å². The molecule has 94 valence electrons. The minimum Gasteiger partial charge on any atom is -0.478 e. The zero-order chi connectivity index (χ0) is 13.8. The van der Waals surface area contributed by atoms with Gasteiger partial charge in [0.2, 0.25) is 0 Å². The highest BCUT2D eigenvalue weighted by atomic mass is 19.1. The fourth-order valence-corrected chi connectivity index (χ4v) is 1.56. The van der Waals surface area contributed by atoms with Crippen LogP contribution in [0.25, 0.3) is 0 Å². The highest BCUT2D eigenvalue weighted by Gasteiger charge is 2.01. The smallest absolute Gasteiger partial charge is 0.335 e. The van der Waals surface area contributed by atoms with Crippen molar-refractivity contribution in [3.63, 3.8) is 0 Å². The second-order valence-corrected chi connectivity index (χ2v) is 4.12. The van der Waals surface area contributed by atoms with Gasteiger partial charge in [0.05, 0.1) is 11.1 Å². The summed E-state index contributed by atoms with van der Waals surface area (Å²) in [5, 5.41) is 8.76. The lowest BCUT2D eigenvalue weighted by Gasteiger charge is -1.96. The fraction of sp³-hybridized carbons (Fsp3) is 0.0625. The molecule has 0 aromatic heterocycles. The Morgan fingerprint density at radius 3 is 2.37 bits per heavy atom. The van der Waals surface area contributed by atoms with Crippen LogP contribution < -0.4 is 0 Å². The summed E-state index contributed by atoms with van der Waals surface area (Å²) >= 11 is 0. The molecule has 0 aliphatic carbocycles. The van der Waals surface area contributed by atoms with Crippen LogP contribution in [0.3, 0.4) is 0 Å². The van der Waals surface area contributed by atoms with Crippen molar-refractivity contribution in [1.82, 2.24) is 0 Å². The summed E-state index contributed by atoms with van der Waals surface area (Å²) in [6, 6.07) is 11.0. The number of carboxylic acid groups (broad SMARTS) is 1. The van der Waals surface area contributed by atoms with E-state index in [0.29, 0.717) is 11.1 Å². The van der Waals surface area contributed by atoms with Crippen molar-refractivity contribution >= 4 is 5.97 Å². The second-order valence-electron chi connectivity index (χ2n) is 4.12. The molecule has 0 heterocycles. The molecule has 2 nitrogen and oxygen atoms in total. The highest BCUT2D eigenvalue weighted by molar-refractivity contribution is 5.87. The maximum Gasteiger partial charge on any atom is 0.335 e. The SMILES string of the molecule is Cc1ccc(C#Cc2ccc(C(=O)O)cc2)c(F)c1. The molecule has 2 rings (SSSR count). The molecular weight excluding hydrogens is 243 g/mol. The Morgan fingerprint density at radius 1 is 1.11 bits per heavy atom. The molecule has 2 aromatic rings. The van der Waals surface area contributed by atoms with Gasteiger partial charge in [-0.25, -0.2) is 9.18 Å². The van der Waals surface area contributed by atoms with Gasteiger partial charge in [0.1, 0.15) is 5.82 Å². The Labute approximate surface area is 110 Å². The van der Waals surface area contributed by atoms with Gasteiger partial charge in [-0.3, -0.25) is 0 Å². The summed E-state index contributed by atoms with van der Waals surface area (Å²) in [6.45, 7) is 1.81. The zero-order valence-electron chi connectivity index (χ0n) is 10.3. The predicted molar refractivity (Wildman–Crippen MR) is 70.5 cm³/mol. The van der Waals surface area contributed by atoms with Gasteiger partial charge in [-0.2, -0.15) is 0 Å². The molecule has 0 atom stereocenters. The number of carbonyl (C=O) groups is 1. The standard InChI is InChI=1S/C16H11FO2/c1-11-2-6-13(15(17)10-11)7-3-12-4-8-14(9-5-12)16(18)19/h2,4-6,8-10H,1H3,(H,18,19). The van der Waals surface area contributed by atoms with Crippen LogP contribution in [0.4, 0.5) is 4.39 Å². The van der Waals surface area contributed by atoms with Gasteiger partial charge >= 0.3 is 5.97 Å². The van der Waals surface area contributed by atoms with E-state index in [-0.39, 0.29) is 11.4 Å². The first-order chi connectivity index (χ1) is 9.06. The first-order valence-electron chi connectivity index (χ1n) is 5.68. The number of halogens is 1. The van der Waals surface area contributed by atoms with E-state index in [2.05, 4.69) is 11.8 Å². The van der Waals surface area contributed by atoms with E-state index in [1.54, 1.807) is 24.3 Å². The first kappa shape index (κ1) is 12.8. The zero-order valence-corrected chi connectivity index (χ0v) is 10.3. The Balaban J connectivity index is 2.26. The van der Waals surface area contributed by atoms with Gasteiger partial charge in [0.15, 0.2) is 0 Å². The van der Waals surface area contributed by atoms with E-state index in [4.69, 9.17) is 5.11 Å². The van der Waals surface area contributed by atoms with Crippen molar-refractivity contribution < 1.29 is 14.3 Å². The Morgan fingerprint density at radius 2 is 1.79 bits per heavy atom. The summed E-state index contributed by atoms with van der Waals surface area (Å²) in [5.41, 5.74) is 2.01. The largest absolute Gasteiger partial charge is 0.478 e. The third kappa shape index (κ3) is 3.20. The Hall–Kier alpha value is -2.60. The molecule has 0 spiro atoms. The summed E-state index contributed by atoms with van der Waals surface area (Å²) in [5.74, 6) is 4.20. The molecule has 0 bridgehead atoms. The van der Waals surface area contributed by atoms with Crippen LogP contribution in [0.2, 0.25) is 0 Å². The van der Waals surface area contributed by atoms with Gasteiger partial charge in [-0.15, -0.1) is 0 Å². The number of hydrogen-bond donors (Lipinski definition) is 1. The molecule has 0 unspecified atom stereocenters. The van der Waals surface area contributed by atoms with Crippen molar-refractivity contribution in [2.24, 2.45) is 0 Å². The second kappa shape index (κ2) is 5.36. The summed E-state index contributed by atoms with van der Waals surface area (Å²) in [4.78, 5) is 10.7. The van der Waals surface area contributed by atoms with Crippen molar-refractivity contribution in [1.29, 1.82) is 0 Å². The molecule has 0 radical (unpaired) electrons. The molecule has 2 aromatic carbocycles. The average Bonchev–Trinajstić information content (AvgIpc) is 2.38.